The number of carbonyl (C=O) groups excluding carboxylic acids is 2. The third-order valence-corrected chi connectivity index (χ3v) is 2.11. The topological polar surface area (TPSA) is 143 Å². The van der Waals surface area contributed by atoms with E-state index in [1.807, 2.05) is 0 Å². The Bertz CT molecular complexity index is 574. The molecule has 0 bridgehead atoms. The second-order valence-electron chi connectivity index (χ2n) is 3.45. The van der Waals surface area contributed by atoms with E-state index in [0.29, 0.717) is 0 Å². The van der Waals surface area contributed by atoms with Crippen LogP contribution in [0, 0.1) is 0 Å². The zero-order valence-electron chi connectivity index (χ0n) is 9.63. The normalized spacial score (nSPS) is 10.2. The summed E-state index contributed by atoms with van der Waals surface area (Å²) in [7, 11) is 0. The molecule has 0 aromatic carbocycles. The molecule has 0 fully saturated rings. The monoisotopic (exact) mass is 284 g/mol. The highest BCUT2D eigenvalue weighted by atomic mass is 16.8. The number of carbonyl (C=O) groups is 2. The summed E-state index contributed by atoms with van der Waals surface area (Å²) in [6, 6.07) is 4.05. The molecule has 2 aromatic rings. The van der Waals surface area contributed by atoms with Crippen molar-refractivity contribution in [3.05, 3.63) is 24.3 Å². The van der Waals surface area contributed by atoms with Gasteiger partial charge in [0.15, 0.2) is 0 Å². The molecule has 0 amide bonds. The summed E-state index contributed by atoms with van der Waals surface area (Å²) in [6.07, 6.45) is 0. The van der Waals surface area contributed by atoms with Crippen LogP contribution in [-0.4, -0.2) is 41.8 Å². The molecule has 0 atom stereocenters. The van der Waals surface area contributed by atoms with Crippen LogP contribution in [0.1, 0.15) is 0 Å². The Morgan fingerprint density at radius 2 is 0.950 bits per heavy atom. The van der Waals surface area contributed by atoms with Crippen molar-refractivity contribution in [2.45, 2.75) is 0 Å². The van der Waals surface area contributed by atoms with E-state index in [1.165, 1.54) is 0 Å². The molecular formula is C10H8N2O8. The fourth-order valence-electron chi connectivity index (χ4n) is 1.23. The molecular weight excluding hydrogens is 276 g/mol. The van der Waals surface area contributed by atoms with Crippen molar-refractivity contribution >= 4 is 11.9 Å². The van der Waals surface area contributed by atoms with Crippen LogP contribution < -0.4 is 9.68 Å². The van der Waals surface area contributed by atoms with Crippen LogP contribution in [0.4, 0.5) is 0 Å². The van der Waals surface area contributed by atoms with E-state index in [-0.39, 0.29) is 9.46 Å². The van der Waals surface area contributed by atoms with Gasteiger partial charge in [0.05, 0.1) is 0 Å². The van der Waals surface area contributed by atoms with Crippen molar-refractivity contribution in [1.29, 1.82) is 0 Å². The highest BCUT2D eigenvalue weighted by Crippen LogP contribution is 2.20. The highest BCUT2D eigenvalue weighted by Gasteiger charge is 2.24. The summed E-state index contributed by atoms with van der Waals surface area (Å²) in [5.74, 6) is -5.74. The van der Waals surface area contributed by atoms with Gasteiger partial charge in [-0.05, 0) is 0 Å². The van der Waals surface area contributed by atoms with Gasteiger partial charge in [-0.25, -0.2) is 9.59 Å². The molecule has 0 aliphatic carbocycles. The van der Waals surface area contributed by atoms with E-state index in [1.54, 1.807) is 0 Å². The van der Waals surface area contributed by atoms with Crippen LogP contribution in [0.15, 0.2) is 24.3 Å². The van der Waals surface area contributed by atoms with Gasteiger partial charge in [-0.1, -0.05) is 0 Å². The molecule has 10 heteroatoms. The Hall–Kier alpha value is -3.30. The van der Waals surface area contributed by atoms with Crippen molar-refractivity contribution in [2.75, 3.05) is 0 Å². The molecule has 2 aromatic heterocycles. The fourth-order valence-corrected chi connectivity index (χ4v) is 1.23. The zero-order chi connectivity index (χ0) is 14.9. The second kappa shape index (κ2) is 4.76. The van der Waals surface area contributed by atoms with Crippen molar-refractivity contribution in [1.82, 2.24) is 9.46 Å². The number of nitrogens with zero attached hydrogens (tertiary/aromatic N) is 2. The van der Waals surface area contributed by atoms with Crippen LogP contribution in [0.5, 0.6) is 23.5 Å². The van der Waals surface area contributed by atoms with Gasteiger partial charge in [0.1, 0.15) is 0 Å². The Morgan fingerprint density at radius 3 is 1.20 bits per heavy atom. The van der Waals surface area contributed by atoms with Crippen molar-refractivity contribution in [2.24, 2.45) is 0 Å². The molecule has 0 saturated heterocycles. The average Bonchev–Trinajstić information content (AvgIpc) is 2.88. The molecule has 2 rings (SSSR count). The fraction of sp³-hybridized carbons (Fsp3) is 0. The van der Waals surface area contributed by atoms with Crippen LogP contribution in [-0.2, 0) is 9.59 Å². The molecule has 2 heterocycles. The molecule has 0 aliphatic rings. The maximum atomic E-state index is 11.3. The summed E-state index contributed by atoms with van der Waals surface area (Å²) in [4.78, 5) is 31.4. The zero-order valence-corrected chi connectivity index (χ0v) is 9.63. The first-order valence-electron chi connectivity index (χ1n) is 5.04. The highest BCUT2D eigenvalue weighted by molar-refractivity contribution is 6.30. The van der Waals surface area contributed by atoms with Crippen LogP contribution in [0.2, 0.25) is 0 Å². The molecule has 0 aliphatic heterocycles. The first-order chi connectivity index (χ1) is 9.40. The quantitative estimate of drug-likeness (QED) is 0.499. The Labute approximate surface area is 110 Å². The third kappa shape index (κ3) is 2.29. The van der Waals surface area contributed by atoms with E-state index in [9.17, 15) is 30.0 Å². The molecule has 0 saturated carbocycles. The maximum absolute atomic E-state index is 11.3. The van der Waals surface area contributed by atoms with Gasteiger partial charge in [-0.15, -0.1) is 9.46 Å². The predicted octanol–water partition coefficient (Wildman–Crippen LogP) is -1.28. The lowest BCUT2D eigenvalue weighted by molar-refractivity contribution is -0.169. The molecule has 0 radical (unpaired) electrons. The number of hydrogen-bond acceptors (Lipinski definition) is 8. The molecule has 20 heavy (non-hydrogen) atoms. The van der Waals surface area contributed by atoms with E-state index in [0.717, 1.165) is 24.3 Å². The second-order valence-corrected chi connectivity index (χ2v) is 3.45. The van der Waals surface area contributed by atoms with Gasteiger partial charge in [-0.3, -0.25) is 0 Å². The summed E-state index contributed by atoms with van der Waals surface area (Å²) in [6.45, 7) is 0. The minimum Gasteiger partial charge on any atom is -0.492 e. The summed E-state index contributed by atoms with van der Waals surface area (Å²) < 4.78 is 0.554. The molecule has 10 nitrogen and oxygen atoms in total. The lowest BCUT2D eigenvalue weighted by Crippen LogP contribution is -2.34. The lowest BCUT2D eigenvalue weighted by atomic mass is 10.6. The minimum atomic E-state index is -1.61. The van der Waals surface area contributed by atoms with Gasteiger partial charge >= 0.3 is 11.9 Å². The predicted molar refractivity (Wildman–Crippen MR) is 58.7 cm³/mol. The minimum absolute atomic E-state index is 0.277. The Balaban J connectivity index is 2.09. The first-order valence-corrected chi connectivity index (χ1v) is 5.04. The number of aromatic nitrogens is 2. The van der Waals surface area contributed by atoms with Crippen molar-refractivity contribution in [3.8, 4) is 23.5 Å². The Kier molecular flexibility index (Phi) is 3.13. The van der Waals surface area contributed by atoms with Crippen molar-refractivity contribution in [3.63, 3.8) is 0 Å². The summed E-state index contributed by atoms with van der Waals surface area (Å²) in [5, 5.41) is 36.8. The standard InChI is InChI=1S/C10H8N2O8/c13-5-1-2-6(14)11(5)19-9(17)10(18)20-12-7(15)3-4-8(12)16/h1-4,13-16H. The van der Waals surface area contributed by atoms with E-state index in [4.69, 9.17) is 0 Å². The van der Waals surface area contributed by atoms with Crippen LogP contribution in [0.25, 0.3) is 0 Å². The molecule has 4 N–H and O–H groups in total. The first kappa shape index (κ1) is 13.1. The van der Waals surface area contributed by atoms with Gasteiger partial charge in [0.25, 0.3) is 0 Å². The van der Waals surface area contributed by atoms with Crippen LogP contribution in [0.3, 0.4) is 0 Å². The lowest BCUT2D eigenvalue weighted by Gasteiger charge is -2.07. The van der Waals surface area contributed by atoms with Gasteiger partial charge in [0, 0.05) is 24.3 Å². The SMILES string of the molecule is O=C(On1c(O)ccc1O)C(=O)On1c(O)ccc1O. The smallest absolute Gasteiger partial charge is 0.444 e. The van der Waals surface area contributed by atoms with Gasteiger partial charge in [0.2, 0.25) is 23.5 Å². The Morgan fingerprint density at radius 1 is 0.700 bits per heavy atom. The molecule has 106 valence electrons. The van der Waals surface area contributed by atoms with Crippen molar-refractivity contribution < 1.29 is 39.7 Å². The number of rotatable bonds is 2. The van der Waals surface area contributed by atoms with Gasteiger partial charge in [-0.2, -0.15) is 0 Å². The summed E-state index contributed by atoms with van der Waals surface area (Å²) in [5.41, 5.74) is 0. The maximum Gasteiger partial charge on any atom is 0.444 e. The molecule has 0 spiro atoms. The average molecular weight is 284 g/mol. The van der Waals surface area contributed by atoms with E-state index >= 15 is 0 Å². The van der Waals surface area contributed by atoms with Crippen LogP contribution >= 0.6 is 0 Å². The van der Waals surface area contributed by atoms with Gasteiger partial charge < -0.3 is 30.1 Å². The number of aromatic hydroxyl groups is 4. The summed E-state index contributed by atoms with van der Waals surface area (Å²) >= 11 is 0. The number of hydrogen-bond donors (Lipinski definition) is 4. The third-order valence-electron chi connectivity index (χ3n) is 2.11. The van der Waals surface area contributed by atoms with E-state index in [2.05, 4.69) is 9.68 Å². The molecule has 0 unspecified atom stereocenters. The largest absolute Gasteiger partial charge is 0.492 e. The van der Waals surface area contributed by atoms with E-state index < -0.39 is 35.5 Å².